The van der Waals surface area contributed by atoms with Crippen LogP contribution in [0.5, 0.6) is 0 Å². The van der Waals surface area contributed by atoms with E-state index in [4.69, 9.17) is 4.74 Å². The maximum absolute atomic E-state index is 13.1. The van der Waals surface area contributed by atoms with Gasteiger partial charge < -0.3 is 9.53 Å². The Morgan fingerprint density at radius 1 is 1.21 bits per heavy atom. The van der Waals surface area contributed by atoms with Crippen LogP contribution in [0.25, 0.3) is 0 Å². The van der Waals surface area contributed by atoms with Crippen LogP contribution >= 0.6 is 0 Å². The van der Waals surface area contributed by atoms with Crippen molar-refractivity contribution in [1.82, 2.24) is 4.90 Å². The van der Waals surface area contributed by atoms with E-state index in [0.29, 0.717) is 25.8 Å². The molecule has 1 fully saturated rings. The predicted octanol–water partition coefficient (Wildman–Crippen LogP) is 3.46. The summed E-state index contributed by atoms with van der Waals surface area (Å²) in [5.74, 6) is -0.238. The van der Waals surface area contributed by atoms with Gasteiger partial charge in [0.2, 0.25) is 5.91 Å². The quantitative estimate of drug-likeness (QED) is 0.847. The van der Waals surface area contributed by atoms with E-state index in [2.05, 4.69) is 0 Å². The molecular weight excluding hydrogens is 306 g/mol. The van der Waals surface area contributed by atoms with E-state index in [-0.39, 0.29) is 11.7 Å². The molecule has 1 aromatic rings. The number of ether oxygens (including phenoxy) is 1. The zero-order valence-corrected chi connectivity index (χ0v) is 14.8. The standard InChI is InChI=1S/C19H25NO4/c1-14(21)10-11-19(15-8-6-5-7-9-15)12-13-20(16(19)22)17(23)24-18(2,3)4/h5-9H,10-13H2,1-4H3/t19-/m1/s1. The first-order valence-corrected chi connectivity index (χ1v) is 8.26. The zero-order chi connectivity index (χ0) is 18.0. The molecule has 1 saturated heterocycles. The molecule has 5 heteroatoms. The molecule has 0 bridgehead atoms. The van der Waals surface area contributed by atoms with Gasteiger partial charge in [-0.1, -0.05) is 30.3 Å². The van der Waals surface area contributed by atoms with Crippen LogP contribution in [-0.4, -0.2) is 34.8 Å². The van der Waals surface area contributed by atoms with E-state index in [1.165, 1.54) is 11.8 Å². The summed E-state index contributed by atoms with van der Waals surface area (Å²) in [6.07, 6.45) is 0.600. The summed E-state index contributed by atoms with van der Waals surface area (Å²) in [7, 11) is 0. The Hall–Kier alpha value is -2.17. The number of imide groups is 1. The molecule has 0 radical (unpaired) electrons. The van der Waals surface area contributed by atoms with Crippen molar-refractivity contribution in [2.24, 2.45) is 0 Å². The third-order valence-corrected chi connectivity index (χ3v) is 4.26. The number of benzene rings is 1. The first-order chi connectivity index (χ1) is 11.2. The third kappa shape index (κ3) is 3.83. The van der Waals surface area contributed by atoms with Crippen LogP contribution in [0.4, 0.5) is 4.79 Å². The van der Waals surface area contributed by atoms with E-state index >= 15 is 0 Å². The second-order valence-corrected chi connectivity index (χ2v) is 7.34. The number of hydrogen-bond donors (Lipinski definition) is 0. The molecule has 0 spiro atoms. The highest BCUT2D eigenvalue weighted by molar-refractivity contribution is 6.00. The van der Waals surface area contributed by atoms with Crippen LogP contribution in [0.3, 0.4) is 0 Å². The fraction of sp³-hybridized carbons (Fsp3) is 0.526. The van der Waals surface area contributed by atoms with Crippen molar-refractivity contribution in [1.29, 1.82) is 0 Å². The van der Waals surface area contributed by atoms with Gasteiger partial charge in [0.1, 0.15) is 11.4 Å². The number of hydrogen-bond acceptors (Lipinski definition) is 4. The summed E-state index contributed by atoms with van der Waals surface area (Å²) in [4.78, 5) is 38.1. The van der Waals surface area contributed by atoms with Crippen LogP contribution in [0.15, 0.2) is 30.3 Å². The molecule has 1 heterocycles. The van der Waals surface area contributed by atoms with Gasteiger partial charge in [0, 0.05) is 13.0 Å². The molecule has 1 aliphatic rings. The molecule has 1 aliphatic heterocycles. The number of amides is 2. The Balaban J connectivity index is 2.31. The first kappa shape index (κ1) is 18.2. The molecule has 0 aliphatic carbocycles. The van der Waals surface area contributed by atoms with E-state index in [1.54, 1.807) is 20.8 Å². The number of nitrogens with zero attached hydrogens (tertiary/aromatic N) is 1. The fourth-order valence-electron chi connectivity index (χ4n) is 3.05. The Labute approximate surface area is 143 Å². The minimum atomic E-state index is -0.830. The molecule has 2 rings (SSSR count). The average molecular weight is 331 g/mol. The highest BCUT2D eigenvalue weighted by atomic mass is 16.6. The van der Waals surface area contributed by atoms with Gasteiger partial charge in [0.05, 0.1) is 5.41 Å². The Kier molecular flexibility index (Phi) is 5.11. The van der Waals surface area contributed by atoms with Crippen molar-refractivity contribution in [2.45, 2.75) is 58.0 Å². The normalized spacial score (nSPS) is 21.0. The maximum atomic E-state index is 13.1. The molecule has 2 amide bonds. The summed E-state index contributed by atoms with van der Waals surface area (Å²) in [6.45, 7) is 7.13. The third-order valence-electron chi connectivity index (χ3n) is 4.26. The van der Waals surface area contributed by atoms with Crippen molar-refractivity contribution < 1.29 is 19.1 Å². The summed E-state index contributed by atoms with van der Waals surface area (Å²) in [6, 6.07) is 9.39. The van der Waals surface area contributed by atoms with Gasteiger partial charge in [-0.2, -0.15) is 0 Å². The lowest BCUT2D eigenvalue weighted by Gasteiger charge is -2.28. The zero-order valence-electron chi connectivity index (χ0n) is 14.8. The van der Waals surface area contributed by atoms with Crippen molar-refractivity contribution >= 4 is 17.8 Å². The van der Waals surface area contributed by atoms with E-state index in [9.17, 15) is 14.4 Å². The Bertz CT molecular complexity index is 633. The van der Waals surface area contributed by atoms with Crippen molar-refractivity contribution in [3.8, 4) is 0 Å². The molecule has 0 saturated carbocycles. The molecule has 0 aromatic heterocycles. The summed E-state index contributed by atoms with van der Waals surface area (Å²) < 4.78 is 5.35. The van der Waals surface area contributed by atoms with Crippen LogP contribution in [0, 0.1) is 0 Å². The van der Waals surface area contributed by atoms with E-state index in [0.717, 1.165) is 5.56 Å². The molecule has 5 nitrogen and oxygen atoms in total. The minimum Gasteiger partial charge on any atom is -0.443 e. The van der Waals surface area contributed by atoms with Crippen molar-refractivity contribution in [3.05, 3.63) is 35.9 Å². The smallest absolute Gasteiger partial charge is 0.417 e. The van der Waals surface area contributed by atoms with Crippen molar-refractivity contribution in [2.75, 3.05) is 6.54 Å². The summed E-state index contributed by atoms with van der Waals surface area (Å²) in [5, 5.41) is 0. The minimum absolute atomic E-state index is 0.0359. The van der Waals surface area contributed by atoms with Gasteiger partial charge in [-0.3, -0.25) is 4.79 Å². The Morgan fingerprint density at radius 2 is 1.83 bits per heavy atom. The highest BCUT2D eigenvalue weighted by Gasteiger charge is 2.50. The number of likely N-dealkylation sites (tertiary alicyclic amines) is 1. The van der Waals surface area contributed by atoms with E-state index < -0.39 is 17.1 Å². The summed E-state index contributed by atoms with van der Waals surface area (Å²) in [5.41, 5.74) is -0.638. The van der Waals surface area contributed by atoms with Gasteiger partial charge >= 0.3 is 6.09 Å². The van der Waals surface area contributed by atoms with Crippen molar-refractivity contribution in [3.63, 3.8) is 0 Å². The van der Waals surface area contributed by atoms with Crippen LogP contribution in [0.1, 0.15) is 52.5 Å². The first-order valence-electron chi connectivity index (χ1n) is 8.26. The molecule has 1 aromatic carbocycles. The lowest BCUT2D eigenvalue weighted by Crippen LogP contribution is -2.43. The molecule has 0 unspecified atom stereocenters. The number of carbonyl (C=O) groups is 3. The van der Waals surface area contributed by atoms with Gasteiger partial charge in [-0.05, 0) is 46.1 Å². The lowest BCUT2D eigenvalue weighted by molar-refractivity contribution is -0.132. The highest BCUT2D eigenvalue weighted by Crippen LogP contribution is 2.40. The van der Waals surface area contributed by atoms with Gasteiger partial charge in [-0.25, -0.2) is 9.69 Å². The largest absolute Gasteiger partial charge is 0.443 e. The number of ketones is 1. The monoisotopic (exact) mass is 331 g/mol. The fourth-order valence-corrected chi connectivity index (χ4v) is 3.05. The van der Waals surface area contributed by atoms with Gasteiger partial charge in [0.15, 0.2) is 0 Å². The predicted molar refractivity (Wildman–Crippen MR) is 90.6 cm³/mol. The average Bonchev–Trinajstić information content (AvgIpc) is 2.82. The van der Waals surface area contributed by atoms with Crippen LogP contribution < -0.4 is 0 Å². The molecular formula is C19H25NO4. The number of carbonyl (C=O) groups excluding carboxylic acids is 3. The summed E-state index contributed by atoms with van der Waals surface area (Å²) >= 11 is 0. The number of Topliss-reactive ketones (excluding diaryl/α,β-unsaturated/α-hetero) is 1. The molecule has 130 valence electrons. The molecule has 0 N–H and O–H groups in total. The van der Waals surface area contributed by atoms with Crippen LogP contribution in [-0.2, 0) is 19.7 Å². The number of rotatable bonds is 4. The topological polar surface area (TPSA) is 63.7 Å². The second-order valence-electron chi connectivity index (χ2n) is 7.34. The SMILES string of the molecule is CC(=O)CC[C@]1(c2ccccc2)CCN(C(=O)OC(C)(C)C)C1=O. The Morgan fingerprint density at radius 3 is 2.38 bits per heavy atom. The van der Waals surface area contributed by atoms with Gasteiger partial charge in [-0.15, -0.1) is 0 Å². The second kappa shape index (κ2) is 6.75. The molecule has 1 atom stereocenters. The molecule has 24 heavy (non-hydrogen) atoms. The van der Waals surface area contributed by atoms with Gasteiger partial charge in [0.25, 0.3) is 0 Å². The maximum Gasteiger partial charge on any atom is 0.417 e. The van der Waals surface area contributed by atoms with E-state index in [1.807, 2.05) is 30.3 Å². The lowest BCUT2D eigenvalue weighted by atomic mass is 9.75. The van der Waals surface area contributed by atoms with Crippen LogP contribution in [0.2, 0.25) is 0 Å².